The lowest BCUT2D eigenvalue weighted by molar-refractivity contribution is -0.116. The zero-order chi connectivity index (χ0) is 20.4. The molecule has 0 bridgehead atoms. The van der Waals surface area contributed by atoms with Gasteiger partial charge in [0, 0.05) is 25.8 Å². The molecule has 0 fully saturated rings. The molecule has 2 rings (SSSR count). The molecule has 0 radical (unpaired) electrons. The van der Waals surface area contributed by atoms with Crippen LogP contribution in [-0.4, -0.2) is 55.4 Å². The second-order valence-electron chi connectivity index (χ2n) is 5.97. The number of urea groups is 1. The molecule has 0 aliphatic heterocycles. The summed E-state index contributed by atoms with van der Waals surface area (Å²) in [5.41, 5.74) is 0.525. The molecule has 0 atom stereocenters. The smallest absolute Gasteiger partial charge is 0.322 e. The van der Waals surface area contributed by atoms with Gasteiger partial charge in [-0.1, -0.05) is 17.3 Å². The molecular weight excluding hydrogens is 364 g/mol. The molecule has 1 aromatic carbocycles. The summed E-state index contributed by atoms with van der Waals surface area (Å²) in [6.45, 7) is 4.94. The molecule has 2 aromatic rings. The average Bonchev–Trinajstić information content (AvgIpc) is 3.09. The van der Waals surface area contributed by atoms with E-state index in [9.17, 15) is 9.59 Å². The highest BCUT2D eigenvalue weighted by Gasteiger charge is 2.19. The van der Waals surface area contributed by atoms with Gasteiger partial charge in [0.05, 0.1) is 12.8 Å². The second-order valence-corrected chi connectivity index (χ2v) is 5.97. The second kappa shape index (κ2) is 10.9. The summed E-state index contributed by atoms with van der Waals surface area (Å²) in [5, 5.41) is 9.12. The average molecular weight is 390 g/mol. The topological polar surface area (TPSA) is 106 Å². The van der Waals surface area contributed by atoms with Crippen LogP contribution in [0.25, 0.3) is 0 Å². The van der Waals surface area contributed by atoms with Gasteiger partial charge in [-0.15, -0.1) is 0 Å². The minimum atomic E-state index is -0.410. The van der Waals surface area contributed by atoms with Gasteiger partial charge in [0.1, 0.15) is 18.1 Å². The lowest BCUT2D eigenvalue weighted by Crippen LogP contribution is -2.41. The Hall–Kier alpha value is -3.07. The van der Waals surface area contributed by atoms with Crippen LogP contribution in [-0.2, 0) is 9.53 Å². The highest BCUT2D eigenvalue weighted by molar-refractivity contribution is 5.97. The number of hydrogen-bond donors (Lipinski definition) is 2. The summed E-state index contributed by atoms with van der Waals surface area (Å²) >= 11 is 0. The number of para-hydroxylation sites is 2. The largest absolute Gasteiger partial charge is 0.495 e. The molecule has 152 valence electrons. The number of rotatable bonds is 10. The Kier molecular flexibility index (Phi) is 8.29. The molecule has 2 N–H and O–H groups in total. The van der Waals surface area contributed by atoms with Crippen molar-refractivity contribution in [1.82, 2.24) is 10.1 Å². The van der Waals surface area contributed by atoms with Gasteiger partial charge in [0.25, 0.3) is 0 Å². The van der Waals surface area contributed by atoms with Crippen LogP contribution < -0.4 is 15.4 Å². The summed E-state index contributed by atoms with van der Waals surface area (Å²) in [6, 6.07) is 8.26. The van der Waals surface area contributed by atoms with E-state index < -0.39 is 6.03 Å². The first kappa shape index (κ1) is 21.2. The Bertz CT molecular complexity index is 777. The highest BCUT2D eigenvalue weighted by Crippen LogP contribution is 2.23. The van der Waals surface area contributed by atoms with Crippen LogP contribution in [0.5, 0.6) is 5.75 Å². The predicted octanol–water partition coefficient (Wildman–Crippen LogP) is 2.89. The molecule has 0 unspecified atom stereocenters. The fourth-order valence-corrected chi connectivity index (χ4v) is 2.48. The van der Waals surface area contributed by atoms with Crippen molar-refractivity contribution in [2.24, 2.45) is 0 Å². The Morgan fingerprint density at radius 3 is 2.71 bits per heavy atom. The van der Waals surface area contributed by atoms with Gasteiger partial charge in [-0.3, -0.25) is 4.79 Å². The first-order valence-electron chi connectivity index (χ1n) is 9.03. The van der Waals surface area contributed by atoms with E-state index in [1.54, 1.807) is 31.2 Å². The van der Waals surface area contributed by atoms with E-state index in [1.807, 2.05) is 13.0 Å². The minimum absolute atomic E-state index is 0.140. The molecule has 0 aliphatic rings. The summed E-state index contributed by atoms with van der Waals surface area (Å²) < 4.78 is 15.5. The Labute approximate surface area is 164 Å². The number of hydrogen-bond acceptors (Lipinski definition) is 6. The quantitative estimate of drug-likeness (QED) is 0.604. The van der Waals surface area contributed by atoms with E-state index in [0.29, 0.717) is 49.2 Å². The van der Waals surface area contributed by atoms with Crippen LogP contribution in [0.15, 0.2) is 34.9 Å². The SMILES string of the molecule is CCOCCCN(CC(=O)Nc1cc(C)on1)C(=O)Nc1ccccc1OC. The van der Waals surface area contributed by atoms with Gasteiger partial charge in [0.15, 0.2) is 5.82 Å². The molecule has 9 nitrogen and oxygen atoms in total. The van der Waals surface area contributed by atoms with Crippen molar-refractivity contribution in [1.29, 1.82) is 0 Å². The van der Waals surface area contributed by atoms with Crippen molar-refractivity contribution in [2.75, 3.05) is 44.0 Å². The van der Waals surface area contributed by atoms with Crippen molar-refractivity contribution in [2.45, 2.75) is 20.3 Å². The number of nitrogens with one attached hydrogen (secondary N) is 2. The number of ether oxygens (including phenoxy) is 2. The molecule has 0 saturated carbocycles. The standard InChI is InChI=1S/C19H26N4O5/c1-4-27-11-7-10-23(13-18(24)21-17-12-14(2)28-22-17)19(25)20-15-8-5-6-9-16(15)26-3/h5-6,8-9,12H,4,7,10-11,13H2,1-3H3,(H,20,25)(H,21,22,24). The first-order chi connectivity index (χ1) is 13.5. The summed E-state index contributed by atoms with van der Waals surface area (Å²) in [7, 11) is 1.53. The van der Waals surface area contributed by atoms with E-state index in [0.717, 1.165) is 0 Å². The number of benzene rings is 1. The molecule has 9 heteroatoms. The maximum Gasteiger partial charge on any atom is 0.322 e. The van der Waals surface area contributed by atoms with Gasteiger partial charge < -0.3 is 29.5 Å². The lowest BCUT2D eigenvalue weighted by atomic mass is 10.3. The molecule has 3 amide bonds. The van der Waals surface area contributed by atoms with Crippen molar-refractivity contribution in [3.8, 4) is 5.75 Å². The van der Waals surface area contributed by atoms with Crippen molar-refractivity contribution in [3.63, 3.8) is 0 Å². The third-order valence-electron chi connectivity index (χ3n) is 3.79. The van der Waals surface area contributed by atoms with Crippen LogP contribution in [0.4, 0.5) is 16.3 Å². The molecule has 0 aliphatic carbocycles. The zero-order valence-electron chi connectivity index (χ0n) is 16.4. The predicted molar refractivity (Wildman–Crippen MR) is 105 cm³/mol. The third-order valence-corrected chi connectivity index (χ3v) is 3.79. The molecule has 1 heterocycles. The molecule has 1 aromatic heterocycles. The molecule has 0 spiro atoms. The number of aromatic nitrogens is 1. The maximum absolute atomic E-state index is 12.7. The third kappa shape index (κ3) is 6.58. The van der Waals surface area contributed by atoms with Crippen LogP contribution >= 0.6 is 0 Å². The van der Waals surface area contributed by atoms with Gasteiger partial charge in [-0.2, -0.15) is 0 Å². The minimum Gasteiger partial charge on any atom is -0.495 e. The normalized spacial score (nSPS) is 10.4. The van der Waals surface area contributed by atoms with Gasteiger partial charge in [-0.05, 0) is 32.4 Å². The number of nitrogens with zero attached hydrogens (tertiary/aromatic N) is 2. The Morgan fingerprint density at radius 1 is 1.25 bits per heavy atom. The van der Waals surface area contributed by atoms with Gasteiger partial charge in [0.2, 0.25) is 5.91 Å². The monoisotopic (exact) mass is 390 g/mol. The number of carbonyl (C=O) groups is 2. The lowest BCUT2D eigenvalue weighted by Gasteiger charge is -2.23. The van der Waals surface area contributed by atoms with Crippen LogP contribution in [0.2, 0.25) is 0 Å². The van der Waals surface area contributed by atoms with E-state index >= 15 is 0 Å². The zero-order valence-corrected chi connectivity index (χ0v) is 16.4. The van der Waals surface area contributed by atoms with E-state index in [-0.39, 0.29) is 12.5 Å². The fraction of sp³-hybridized carbons (Fsp3) is 0.421. The van der Waals surface area contributed by atoms with E-state index in [4.69, 9.17) is 14.0 Å². The fourth-order valence-electron chi connectivity index (χ4n) is 2.48. The van der Waals surface area contributed by atoms with Crippen molar-refractivity contribution in [3.05, 3.63) is 36.1 Å². The van der Waals surface area contributed by atoms with E-state index in [2.05, 4.69) is 15.8 Å². The number of carbonyl (C=O) groups excluding carboxylic acids is 2. The Morgan fingerprint density at radius 2 is 2.04 bits per heavy atom. The molecular formula is C19H26N4O5. The van der Waals surface area contributed by atoms with E-state index in [1.165, 1.54) is 12.0 Å². The van der Waals surface area contributed by atoms with Crippen LogP contribution in [0.1, 0.15) is 19.1 Å². The van der Waals surface area contributed by atoms with Crippen molar-refractivity contribution < 1.29 is 23.6 Å². The number of methoxy groups -OCH3 is 1. The molecule has 0 saturated heterocycles. The summed E-state index contributed by atoms with van der Waals surface area (Å²) in [5.74, 6) is 1.05. The first-order valence-corrected chi connectivity index (χ1v) is 9.03. The van der Waals surface area contributed by atoms with Crippen molar-refractivity contribution >= 4 is 23.4 Å². The summed E-state index contributed by atoms with van der Waals surface area (Å²) in [6.07, 6.45) is 0.601. The molecule has 28 heavy (non-hydrogen) atoms. The van der Waals surface area contributed by atoms with Gasteiger partial charge >= 0.3 is 6.03 Å². The number of amides is 3. The number of anilines is 2. The highest BCUT2D eigenvalue weighted by atomic mass is 16.5. The van der Waals surface area contributed by atoms with Gasteiger partial charge in [-0.25, -0.2) is 4.79 Å². The van der Waals surface area contributed by atoms with Crippen LogP contribution in [0, 0.1) is 6.92 Å². The maximum atomic E-state index is 12.7. The Balaban J connectivity index is 2.02. The summed E-state index contributed by atoms with van der Waals surface area (Å²) in [4.78, 5) is 26.5. The number of aryl methyl sites for hydroxylation is 1. The van der Waals surface area contributed by atoms with Crippen LogP contribution in [0.3, 0.4) is 0 Å².